The monoisotopic (exact) mass is 681 g/mol. The van der Waals surface area contributed by atoms with E-state index in [1.54, 1.807) is 0 Å². The molecule has 0 bridgehead atoms. The first-order chi connectivity index (χ1) is 23.2. The molecule has 1 unspecified atom stereocenters. The summed E-state index contributed by atoms with van der Waals surface area (Å²) in [5.74, 6) is 2.83. The van der Waals surface area contributed by atoms with Crippen LogP contribution in [0.25, 0.3) is 0 Å². The average molecular weight is 681 g/mol. The normalized spacial score (nSPS) is 42.4. The van der Waals surface area contributed by atoms with Crippen LogP contribution in [-0.2, 0) is 9.53 Å². The average Bonchev–Trinajstić information content (AvgIpc) is 3.31. The Hall–Kier alpha value is -0.830. The molecule has 0 saturated heterocycles. The number of carbonyl (C=O) groups excluding carboxylic acids is 1. The summed E-state index contributed by atoms with van der Waals surface area (Å²) in [4.78, 5) is 13.2. The standard InChI is InChI=1S/C46H80O3/c1-10-11-12-13-14-15-16-17-18-19-20-21-22-23-39(48)49-38-27-28-44(7)36(42(38,4)5)26-29-46(9)37(44)25-24-34-41-40(33(2)3)35(47)32-43(41,6)30-31-45(34,46)8/h34-38,40-41,47H,2,10-32H2,1,3-9H3/t34-,35?,36+,37-,38+,40-,41+,43+,44+,45-,46-/m1/s1. The molecule has 5 aliphatic rings. The van der Waals surface area contributed by atoms with Crippen molar-refractivity contribution in [1.29, 1.82) is 0 Å². The number of carbonyl (C=O) groups is 1. The zero-order valence-corrected chi connectivity index (χ0v) is 33.8. The number of fused-ring (bicyclic) bond motifs is 7. The summed E-state index contributed by atoms with van der Waals surface area (Å²) in [5, 5.41) is 11.3. The first-order valence-corrected chi connectivity index (χ1v) is 21.7. The molecule has 5 rings (SSSR count). The summed E-state index contributed by atoms with van der Waals surface area (Å²) in [6.45, 7) is 24.3. The van der Waals surface area contributed by atoms with Gasteiger partial charge < -0.3 is 9.84 Å². The Balaban J connectivity index is 1.12. The van der Waals surface area contributed by atoms with Crippen LogP contribution in [0.3, 0.4) is 0 Å². The summed E-state index contributed by atoms with van der Waals surface area (Å²) in [5.41, 5.74) is 2.35. The Labute approximate surface area is 304 Å². The van der Waals surface area contributed by atoms with Crippen molar-refractivity contribution in [1.82, 2.24) is 0 Å². The van der Waals surface area contributed by atoms with Crippen molar-refractivity contribution < 1.29 is 14.6 Å². The van der Waals surface area contributed by atoms with Crippen molar-refractivity contribution in [2.24, 2.45) is 56.7 Å². The molecule has 0 aromatic rings. The Morgan fingerprint density at radius 3 is 1.90 bits per heavy atom. The molecule has 0 heterocycles. The Morgan fingerprint density at radius 2 is 1.31 bits per heavy atom. The molecule has 5 fully saturated rings. The van der Waals surface area contributed by atoms with Crippen LogP contribution in [-0.4, -0.2) is 23.3 Å². The number of unbranched alkanes of at least 4 members (excludes halogenated alkanes) is 12. The minimum atomic E-state index is -0.225. The highest BCUT2D eigenvalue weighted by atomic mass is 16.5. The lowest BCUT2D eigenvalue weighted by atomic mass is 9.32. The third kappa shape index (κ3) is 7.38. The molecule has 49 heavy (non-hydrogen) atoms. The number of rotatable bonds is 16. The summed E-state index contributed by atoms with van der Waals surface area (Å²) in [7, 11) is 0. The topological polar surface area (TPSA) is 46.5 Å². The highest BCUT2D eigenvalue weighted by molar-refractivity contribution is 5.69. The van der Waals surface area contributed by atoms with Crippen molar-refractivity contribution in [2.75, 3.05) is 0 Å². The molecule has 3 nitrogen and oxygen atoms in total. The van der Waals surface area contributed by atoms with E-state index in [0.29, 0.717) is 40.9 Å². The fourth-order valence-electron chi connectivity index (χ4n) is 14.3. The minimum Gasteiger partial charge on any atom is -0.462 e. The molecule has 3 heteroatoms. The van der Waals surface area contributed by atoms with Crippen LogP contribution in [0.4, 0.5) is 0 Å². The van der Waals surface area contributed by atoms with Gasteiger partial charge in [-0.3, -0.25) is 4.79 Å². The van der Waals surface area contributed by atoms with Crippen LogP contribution in [0.2, 0.25) is 0 Å². The number of aliphatic hydroxyl groups excluding tert-OH is 1. The van der Waals surface area contributed by atoms with E-state index in [4.69, 9.17) is 4.74 Å². The number of ether oxygens (including phenoxy) is 1. The van der Waals surface area contributed by atoms with Gasteiger partial charge >= 0.3 is 5.97 Å². The molecule has 282 valence electrons. The van der Waals surface area contributed by atoms with Gasteiger partial charge in [0.05, 0.1) is 6.10 Å². The molecule has 5 saturated carbocycles. The van der Waals surface area contributed by atoms with Crippen molar-refractivity contribution in [3.63, 3.8) is 0 Å². The summed E-state index contributed by atoms with van der Waals surface area (Å²) in [6, 6.07) is 0. The third-order valence-electron chi connectivity index (χ3n) is 17.1. The number of hydrogen-bond donors (Lipinski definition) is 1. The number of aliphatic hydroxyl groups is 1. The second-order valence-electron chi connectivity index (χ2n) is 20.3. The molecule has 0 amide bonds. The smallest absolute Gasteiger partial charge is 0.306 e. The van der Waals surface area contributed by atoms with Crippen molar-refractivity contribution in [3.05, 3.63) is 12.2 Å². The van der Waals surface area contributed by atoms with Crippen LogP contribution in [0.5, 0.6) is 0 Å². The molecular formula is C46H80O3. The maximum Gasteiger partial charge on any atom is 0.306 e. The fraction of sp³-hybridized carbons (Fsp3) is 0.935. The van der Waals surface area contributed by atoms with E-state index >= 15 is 0 Å². The second kappa shape index (κ2) is 15.6. The molecule has 0 aromatic carbocycles. The summed E-state index contributed by atoms with van der Waals surface area (Å²) in [6.07, 6.45) is 28.5. The number of hydrogen-bond acceptors (Lipinski definition) is 3. The zero-order chi connectivity index (χ0) is 35.7. The van der Waals surface area contributed by atoms with Gasteiger partial charge in [0.2, 0.25) is 0 Å². The Bertz CT molecular complexity index is 1130. The first kappa shape index (κ1) is 39.4. The van der Waals surface area contributed by atoms with Crippen LogP contribution in [0, 0.1) is 56.7 Å². The third-order valence-corrected chi connectivity index (χ3v) is 17.1. The summed E-state index contributed by atoms with van der Waals surface area (Å²) < 4.78 is 6.41. The largest absolute Gasteiger partial charge is 0.462 e. The molecule has 0 aromatic heterocycles. The van der Waals surface area contributed by atoms with E-state index in [0.717, 1.165) is 25.7 Å². The molecule has 0 aliphatic heterocycles. The maximum absolute atomic E-state index is 13.2. The van der Waals surface area contributed by atoms with Gasteiger partial charge in [0, 0.05) is 17.8 Å². The van der Waals surface area contributed by atoms with Crippen molar-refractivity contribution >= 4 is 5.97 Å². The fourth-order valence-corrected chi connectivity index (χ4v) is 14.3. The molecule has 0 spiro atoms. The van der Waals surface area contributed by atoms with E-state index in [9.17, 15) is 9.90 Å². The highest BCUT2D eigenvalue weighted by Crippen LogP contribution is 2.77. The van der Waals surface area contributed by atoms with Crippen LogP contribution in [0.1, 0.15) is 203 Å². The molecular weight excluding hydrogens is 601 g/mol. The van der Waals surface area contributed by atoms with Crippen LogP contribution >= 0.6 is 0 Å². The molecule has 11 atom stereocenters. The molecule has 1 N–H and O–H groups in total. The second-order valence-corrected chi connectivity index (χ2v) is 20.3. The maximum atomic E-state index is 13.2. The van der Waals surface area contributed by atoms with Gasteiger partial charge in [0.1, 0.15) is 6.10 Å². The van der Waals surface area contributed by atoms with E-state index < -0.39 is 0 Å². The van der Waals surface area contributed by atoms with Gasteiger partial charge in [-0.15, -0.1) is 0 Å². The lowest BCUT2D eigenvalue weighted by Gasteiger charge is -2.73. The van der Waals surface area contributed by atoms with Gasteiger partial charge in [0.25, 0.3) is 0 Å². The number of esters is 1. The SMILES string of the molecule is C=C(C)[C@@H]1C(O)C[C@]2(C)CC[C@]3(C)[C@H](CC[C@@H]4[C@@]5(C)CC[C@H](OC(=O)CCCCCCCCCCCCCCC)C(C)(C)[C@@H]5CC[C@]43C)[C@@H]12. The quantitative estimate of drug-likeness (QED) is 0.100. The summed E-state index contributed by atoms with van der Waals surface area (Å²) >= 11 is 0. The van der Waals surface area contributed by atoms with Crippen molar-refractivity contribution in [2.45, 2.75) is 215 Å². The van der Waals surface area contributed by atoms with Gasteiger partial charge in [-0.05, 0) is 116 Å². The first-order valence-electron chi connectivity index (χ1n) is 21.7. The van der Waals surface area contributed by atoms with E-state index in [1.165, 1.54) is 121 Å². The van der Waals surface area contributed by atoms with Gasteiger partial charge in [-0.2, -0.15) is 0 Å². The lowest BCUT2D eigenvalue weighted by molar-refractivity contribution is -0.249. The van der Waals surface area contributed by atoms with Crippen LogP contribution in [0.15, 0.2) is 12.2 Å². The van der Waals surface area contributed by atoms with E-state index in [2.05, 4.69) is 62.0 Å². The van der Waals surface area contributed by atoms with Gasteiger partial charge in [0.15, 0.2) is 0 Å². The molecule has 0 radical (unpaired) electrons. The predicted octanol–water partition coefficient (Wildman–Crippen LogP) is 13.0. The Kier molecular flexibility index (Phi) is 12.6. The zero-order valence-electron chi connectivity index (χ0n) is 33.8. The van der Waals surface area contributed by atoms with E-state index in [-0.39, 0.29) is 40.3 Å². The van der Waals surface area contributed by atoms with Crippen LogP contribution < -0.4 is 0 Å². The predicted molar refractivity (Wildman–Crippen MR) is 206 cm³/mol. The highest BCUT2D eigenvalue weighted by Gasteiger charge is 2.71. The van der Waals surface area contributed by atoms with E-state index in [1.807, 2.05) is 0 Å². The lowest BCUT2D eigenvalue weighted by Crippen LogP contribution is -2.66. The molecule has 5 aliphatic carbocycles. The van der Waals surface area contributed by atoms with Gasteiger partial charge in [-0.25, -0.2) is 0 Å². The van der Waals surface area contributed by atoms with Crippen molar-refractivity contribution in [3.8, 4) is 0 Å². The van der Waals surface area contributed by atoms with Gasteiger partial charge in [-0.1, -0.05) is 138 Å². The minimum absolute atomic E-state index is 0.00346. The Morgan fingerprint density at radius 1 is 0.714 bits per heavy atom.